The van der Waals surface area contributed by atoms with Crippen molar-refractivity contribution in [2.75, 3.05) is 56.4 Å². The van der Waals surface area contributed by atoms with Crippen LogP contribution < -0.4 is 24.0 Å². The van der Waals surface area contributed by atoms with Gasteiger partial charge in [0.2, 0.25) is 0 Å². The van der Waals surface area contributed by atoms with Crippen LogP contribution in [0.5, 0.6) is 17.2 Å². The first kappa shape index (κ1) is 49.4. The molecular weight excluding hydrogens is 893 g/mol. The van der Waals surface area contributed by atoms with E-state index in [4.69, 9.17) is 28.1 Å². The molecule has 1 aliphatic carbocycles. The van der Waals surface area contributed by atoms with Gasteiger partial charge in [-0.1, -0.05) is 75.9 Å². The van der Waals surface area contributed by atoms with Crippen molar-refractivity contribution < 1.29 is 47.3 Å². The molecule has 8 rings (SSSR count). The highest BCUT2D eigenvalue weighted by Crippen LogP contribution is 2.57. The standard InChI is InChI=1S/C54H68N4O10Si/c1-11-22-66-51(61)56-33-39-27-38(37-18-16-35(3)17-19-37)32-55(39)48(59)41-28-46(63-8)47(29-42(41)56)65-25-15-13-14-24-64-45-30-43-40(26-36(45)4)49(60)57-34-54(20-21-54)31-44(57)50(58(43)52(62)67-23-12-2)68-69(9,10)53(5,6)7/h11-12,16-19,26,28-30,32,39,44,50H,1-2,13-15,20-25,27,31,33-34H2,3-10H3/t39-,44-,50?/m0/s1. The molecule has 2 fully saturated rings. The van der Waals surface area contributed by atoms with Crippen LogP contribution >= 0.6 is 0 Å². The van der Waals surface area contributed by atoms with Gasteiger partial charge in [-0.15, -0.1) is 0 Å². The van der Waals surface area contributed by atoms with E-state index in [1.807, 2.05) is 55.3 Å². The number of carbonyl (C=O) groups excluding carboxylic acids is 4. The van der Waals surface area contributed by atoms with Gasteiger partial charge in [-0.25, -0.2) is 14.5 Å². The molecule has 15 heteroatoms. The molecule has 69 heavy (non-hydrogen) atoms. The maximum absolute atomic E-state index is 14.6. The molecule has 1 spiro atoms. The Morgan fingerprint density at radius 1 is 0.826 bits per heavy atom. The van der Waals surface area contributed by atoms with Crippen molar-refractivity contribution in [3.05, 3.63) is 108 Å². The average Bonchev–Trinajstić information content (AvgIpc) is 3.82. The first-order valence-electron chi connectivity index (χ1n) is 24.2. The molecule has 0 bridgehead atoms. The molecule has 4 heterocycles. The number of hydrogen-bond donors (Lipinski definition) is 0. The van der Waals surface area contributed by atoms with E-state index in [0.717, 1.165) is 47.9 Å². The van der Waals surface area contributed by atoms with Crippen molar-refractivity contribution in [2.24, 2.45) is 5.41 Å². The van der Waals surface area contributed by atoms with E-state index in [-0.39, 0.29) is 54.1 Å². The topological polar surface area (TPSA) is 137 Å². The van der Waals surface area contributed by atoms with Crippen molar-refractivity contribution in [3.63, 3.8) is 0 Å². The van der Waals surface area contributed by atoms with Crippen molar-refractivity contribution in [3.8, 4) is 17.2 Å². The van der Waals surface area contributed by atoms with Crippen molar-refractivity contribution in [2.45, 2.75) is 116 Å². The molecule has 5 aliphatic rings. The summed E-state index contributed by atoms with van der Waals surface area (Å²) in [6.45, 7) is 23.8. The minimum absolute atomic E-state index is 0.0117. The first-order valence-corrected chi connectivity index (χ1v) is 27.1. The van der Waals surface area contributed by atoms with Crippen LogP contribution in [0.15, 0.2) is 80.0 Å². The van der Waals surface area contributed by atoms with Crippen LogP contribution in [0.1, 0.15) is 103 Å². The molecule has 1 saturated heterocycles. The molecule has 3 atom stereocenters. The Labute approximate surface area is 407 Å². The van der Waals surface area contributed by atoms with E-state index in [0.29, 0.717) is 78.8 Å². The number of rotatable bonds is 16. The zero-order chi connectivity index (χ0) is 49.4. The fourth-order valence-electron chi connectivity index (χ4n) is 9.60. The molecular formula is C54H68N4O10Si. The maximum Gasteiger partial charge on any atom is 0.416 e. The summed E-state index contributed by atoms with van der Waals surface area (Å²) < 4.78 is 36.9. The smallest absolute Gasteiger partial charge is 0.416 e. The largest absolute Gasteiger partial charge is 0.493 e. The van der Waals surface area contributed by atoms with Gasteiger partial charge >= 0.3 is 12.2 Å². The number of unbranched alkanes of at least 4 members (excludes halogenated alkanes) is 2. The molecule has 0 radical (unpaired) electrons. The molecule has 1 saturated carbocycles. The monoisotopic (exact) mass is 960 g/mol. The van der Waals surface area contributed by atoms with E-state index in [1.54, 1.807) is 28.0 Å². The fourth-order valence-corrected chi connectivity index (χ4v) is 10.8. The van der Waals surface area contributed by atoms with E-state index in [9.17, 15) is 19.2 Å². The second kappa shape index (κ2) is 19.7. The van der Waals surface area contributed by atoms with Crippen molar-refractivity contribution >= 4 is 49.3 Å². The van der Waals surface area contributed by atoms with Gasteiger partial charge in [0, 0.05) is 24.9 Å². The number of anilines is 2. The average molecular weight is 961 g/mol. The van der Waals surface area contributed by atoms with Crippen molar-refractivity contribution in [1.82, 2.24) is 9.80 Å². The Kier molecular flexibility index (Phi) is 14.1. The molecule has 4 amide bonds. The van der Waals surface area contributed by atoms with Gasteiger partial charge in [-0.05, 0) is 111 Å². The number of hydrogen-bond acceptors (Lipinski definition) is 10. The van der Waals surface area contributed by atoms with Crippen LogP contribution in [0, 0.1) is 19.3 Å². The van der Waals surface area contributed by atoms with Gasteiger partial charge in [0.25, 0.3) is 11.8 Å². The Morgan fingerprint density at radius 2 is 1.46 bits per heavy atom. The quantitative estimate of drug-likeness (QED) is 0.0775. The molecule has 1 unspecified atom stereocenters. The minimum atomic E-state index is -2.49. The number of aryl methyl sites for hydroxylation is 2. The Hall–Kier alpha value is -6.06. The summed E-state index contributed by atoms with van der Waals surface area (Å²) in [6, 6.07) is 14.5. The molecule has 3 aromatic carbocycles. The Balaban J connectivity index is 0.962. The SMILES string of the molecule is C=CCOC(=O)N1C[C@@H]2CC(c3ccc(C)cc3)=CN2C(=O)c2cc(OC)c(OCCCCCOc3cc4c(cc3C)C(=O)N3CC5(CC5)C[C@H]3C(O[Si](C)(C)C(C)(C)C)N4C(=O)OCC=C)cc21. The predicted molar refractivity (Wildman–Crippen MR) is 269 cm³/mol. The van der Waals surface area contributed by atoms with Crippen molar-refractivity contribution in [1.29, 1.82) is 0 Å². The zero-order valence-electron chi connectivity index (χ0n) is 41.6. The molecule has 14 nitrogen and oxygen atoms in total. The lowest BCUT2D eigenvalue weighted by Gasteiger charge is -2.44. The van der Waals surface area contributed by atoms with Crippen LogP contribution in [-0.4, -0.2) is 107 Å². The third kappa shape index (κ3) is 10.0. The van der Waals surface area contributed by atoms with Crippen LogP contribution in [0.4, 0.5) is 21.0 Å². The van der Waals surface area contributed by atoms with Crippen LogP contribution in [-0.2, 0) is 13.9 Å². The number of nitrogens with zero attached hydrogens (tertiary/aromatic N) is 4. The molecule has 4 aliphatic heterocycles. The van der Waals surface area contributed by atoms with Crippen LogP contribution in [0.25, 0.3) is 5.57 Å². The summed E-state index contributed by atoms with van der Waals surface area (Å²) in [5, 5.41) is -0.158. The summed E-state index contributed by atoms with van der Waals surface area (Å²) in [7, 11) is -0.967. The second-order valence-corrected chi connectivity index (χ2v) is 25.4. The Bertz CT molecular complexity index is 2530. The van der Waals surface area contributed by atoms with Crippen LogP contribution in [0.3, 0.4) is 0 Å². The predicted octanol–water partition coefficient (Wildman–Crippen LogP) is 10.8. The summed E-state index contributed by atoms with van der Waals surface area (Å²) in [5.74, 6) is 0.973. The fraction of sp³-hybridized carbons (Fsp3) is 0.481. The number of carbonyl (C=O) groups is 4. The summed E-state index contributed by atoms with van der Waals surface area (Å²) in [6.07, 6.45) is 8.55. The zero-order valence-corrected chi connectivity index (χ0v) is 42.6. The number of fused-ring (bicyclic) bond motifs is 4. The first-order chi connectivity index (χ1) is 32.9. The van der Waals surface area contributed by atoms with Gasteiger partial charge < -0.3 is 37.9 Å². The van der Waals surface area contributed by atoms with E-state index in [1.165, 1.54) is 24.2 Å². The lowest BCUT2D eigenvalue weighted by atomic mass is 10.0. The van der Waals surface area contributed by atoms with E-state index in [2.05, 4.69) is 47.0 Å². The van der Waals surface area contributed by atoms with Gasteiger partial charge in [0.15, 0.2) is 26.0 Å². The normalized spacial score (nSPS) is 20.2. The number of methoxy groups -OCH3 is 1. The van der Waals surface area contributed by atoms with Gasteiger partial charge in [0.1, 0.15) is 19.0 Å². The van der Waals surface area contributed by atoms with Gasteiger partial charge in [-0.2, -0.15) is 0 Å². The lowest BCUT2D eigenvalue weighted by Crippen LogP contribution is -2.58. The lowest BCUT2D eigenvalue weighted by molar-refractivity contribution is 0.0528. The molecule has 3 aromatic rings. The second-order valence-electron chi connectivity index (χ2n) is 20.7. The summed E-state index contributed by atoms with van der Waals surface area (Å²) in [4.78, 5) is 63.4. The third-order valence-corrected chi connectivity index (χ3v) is 19.2. The molecule has 368 valence electrons. The molecule has 0 N–H and O–H groups in total. The highest BCUT2D eigenvalue weighted by molar-refractivity contribution is 6.74. The van der Waals surface area contributed by atoms with Gasteiger partial charge in [-0.3, -0.25) is 14.5 Å². The van der Waals surface area contributed by atoms with Gasteiger partial charge in [0.05, 0.1) is 61.5 Å². The van der Waals surface area contributed by atoms with E-state index >= 15 is 0 Å². The highest BCUT2D eigenvalue weighted by atomic mass is 28.4. The minimum Gasteiger partial charge on any atom is -0.493 e. The highest BCUT2D eigenvalue weighted by Gasteiger charge is 2.59. The van der Waals surface area contributed by atoms with E-state index < -0.39 is 26.7 Å². The number of amides is 4. The van der Waals surface area contributed by atoms with Crippen LogP contribution in [0.2, 0.25) is 18.1 Å². The molecule has 0 aromatic heterocycles. The number of ether oxygens (including phenoxy) is 5. The maximum atomic E-state index is 14.6. The third-order valence-electron chi connectivity index (χ3n) is 14.7. The summed E-state index contributed by atoms with van der Waals surface area (Å²) in [5.41, 5.74) is 5.55. The Morgan fingerprint density at radius 3 is 2.10 bits per heavy atom. The summed E-state index contributed by atoms with van der Waals surface area (Å²) >= 11 is 0. The number of benzene rings is 3.